The summed E-state index contributed by atoms with van der Waals surface area (Å²) in [5, 5.41) is 37.5. The molecule has 16 heteroatoms. The summed E-state index contributed by atoms with van der Waals surface area (Å²) in [5.74, 6) is -6.20. The number of nitrogens with one attached hydrogen (secondary N) is 5. The molecule has 1 aromatic heterocycles. The SMILES string of the molecule is CC[C@H](C)[C@H](N)C(=O)N[C@@H](Cc1c[nH]cn1)C(=O)N[C@H](C(=O)N[C@@H](C)C(=O)N[C@@H](CCC(=O)O)C(=O)O)[C@@H](C)O. The molecule has 1 aromatic rings. The van der Waals surface area contributed by atoms with E-state index in [1.165, 1.54) is 26.4 Å². The fraction of sp³-hybridized carbons (Fsp3) is 0.625. The van der Waals surface area contributed by atoms with E-state index in [4.69, 9.17) is 10.8 Å². The van der Waals surface area contributed by atoms with Crippen molar-refractivity contribution in [2.24, 2.45) is 11.7 Å². The Morgan fingerprint density at radius 1 is 0.925 bits per heavy atom. The molecule has 224 valence electrons. The van der Waals surface area contributed by atoms with Crippen molar-refractivity contribution >= 4 is 35.6 Å². The smallest absolute Gasteiger partial charge is 0.326 e. The Hall–Kier alpha value is -4.05. The molecule has 0 fully saturated rings. The Bertz CT molecular complexity index is 1030. The van der Waals surface area contributed by atoms with Crippen LogP contribution in [-0.2, 0) is 35.2 Å². The van der Waals surface area contributed by atoms with Crippen LogP contribution in [0.3, 0.4) is 0 Å². The van der Waals surface area contributed by atoms with Gasteiger partial charge in [-0.05, 0) is 26.2 Å². The third-order valence-corrected chi connectivity index (χ3v) is 6.24. The molecule has 1 rings (SSSR count). The maximum Gasteiger partial charge on any atom is 0.326 e. The Kier molecular flexibility index (Phi) is 13.7. The predicted molar refractivity (Wildman–Crippen MR) is 139 cm³/mol. The molecular weight excluding hydrogens is 530 g/mol. The number of aliphatic hydroxyl groups is 1. The maximum atomic E-state index is 13.2. The largest absolute Gasteiger partial charge is 0.481 e. The molecule has 16 nitrogen and oxygen atoms in total. The zero-order valence-electron chi connectivity index (χ0n) is 22.8. The molecule has 0 spiro atoms. The van der Waals surface area contributed by atoms with Crippen LogP contribution in [0.4, 0.5) is 0 Å². The zero-order valence-corrected chi connectivity index (χ0v) is 22.8. The van der Waals surface area contributed by atoms with Crippen LogP contribution in [0, 0.1) is 5.92 Å². The number of hydrogen-bond acceptors (Lipinski definition) is 9. The lowest BCUT2D eigenvalue weighted by Gasteiger charge is -2.27. The number of aromatic amines is 1. The van der Waals surface area contributed by atoms with Crippen molar-refractivity contribution in [3.05, 3.63) is 18.2 Å². The number of rotatable bonds is 17. The summed E-state index contributed by atoms with van der Waals surface area (Å²) in [7, 11) is 0. The summed E-state index contributed by atoms with van der Waals surface area (Å²) in [4.78, 5) is 80.0. The third kappa shape index (κ3) is 11.0. The van der Waals surface area contributed by atoms with E-state index in [1.807, 2.05) is 6.92 Å². The van der Waals surface area contributed by atoms with E-state index in [1.54, 1.807) is 6.92 Å². The van der Waals surface area contributed by atoms with E-state index >= 15 is 0 Å². The van der Waals surface area contributed by atoms with Gasteiger partial charge in [0.1, 0.15) is 24.2 Å². The normalized spacial score (nSPS) is 16.2. The Balaban J connectivity index is 2.96. The first kappa shape index (κ1) is 34.0. The number of carboxylic acids is 2. The van der Waals surface area contributed by atoms with Crippen molar-refractivity contribution in [1.82, 2.24) is 31.2 Å². The first-order chi connectivity index (χ1) is 18.7. The van der Waals surface area contributed by atoms with Crippen LogP contribution in [0.5, 0.6) is 0 Å². The van der Waals surface area contributed by atoms with Gasteiger partial charge >= 0.3 is 11.9 Å². The lowest BCUT2D eigenvalue weighted by Crippen LogP contribution is -2.61. The number of aliphatic hydroxyl groups excluding tert-OH is 1. The summed E-state index contributed by atoms with van der Waals surface area (Å²) >= 11 is 0. The van der Waals surface area contributed by atoms with Crippen LogP contribution in [0.1, 0.15) is 52.7 Å². The van der Waals surface area contributed by atoms with Gasteiger partial charge in [0, 0.05) is 19.0 Å². The quantitative estimate of drug-likeness (QED) is 0.0955. The molecule has 0 saturated carbocycles. The molecule has 0 aliphatic heterocycles. The Morgan fingerprint density at radius 2 is 1.55 bits per heavy atom. The standard InChI is InChI=1S/C24H39N7O9/c1-5-11(2)18(25)22(37)30-16(8-14-9-26-10-27-14)21(36)31-19(13(4)32)23(38)28-12(3)20(35)29-15(24(39)40)6-7-17(33)34/h9-13,15-16,18-19,32H,5-8,25H2,1-4H3,(H,26,27)(H,28,38)(H,29,35)(H,30,37)(H,31,36)(H,33,34)(H,39,40)/t11-,12-,13+,15-,16-,18-,19-/m0/s1. The topological polar surface area (TPSA) is 266 Å². The molecule has 4 amide bonds. The zero-order chi connectivity index (χ0) is 30.6. The highest BCUT2D eigenvalue weighted by molar-refractivity contribution is 5.95. The number of amides is 4. The summed E-state index contributed by atoms with van der Waals surface area (Å²) in [5.41, 5.74) is 6.41. The van der Waals surface area contributed by atoms with E-state index < -0.39 is 78.3 Å². The number of carbonyl (C=O) groups is 6. The minimum atomic E-state index is -1.56. The van der Waals surface area contributed by atoms with Gasteiger partial charge in [0.15, 0.2) is 0 Å². The number of hydrogen-bond donors (Lipinski definition) is 9. The molecule has 1 heterocycles. The molecule has 0 aliphatic rings. The highest BCUT2D eigenvalue weighted by Crippen LogP contribution is 2.08. The van der Waals surface area contributed by atoms with Gasteiger partial charge in [-0.1, -0.05) is 20.3 Å². The van der Waals surface area contributed by atoms with E-state index in [-0.39, 0.29) is 18.8 Å². The molecule has 10 N–H and O–H groups in total. The van der Waals surface area contributed by atoms with Gasteiger partial charge in [-0.3, -0.25) is 24.0 Å². The van der Waals surface area contributed by atoms with Crippen LogP contribution < -0.4 is 27.0 Å². The first-order valence-electron chi connectivity index (χ1n) is 12.7. The lowest BCUT2D eigenvalue weighted by atomic mass is 9.98. The van der Waals surface area contributed by atoms with Gasteiger partial charge in [0.2, 0.25) is 23.6 Å². The maximum absolute atomic E-state index is 13.2. The molecule has 0 unspecified atom stereocenters. The fourth-order valence-corrected chi connectivity index (χ4v) is 3.45. The van der Waals surface area contributed by atoms with Crippen molar-refractivity contribution in [3.63, 3.8) is 0 Å². The van der Waals surface area contributed by atoms with Gasteiger partial charge in [-0.15, -0.1) is 0 Å². The lowest BCUT2D eigenvalue weighted by molar-refractivity contribution is -0.143. The van der Waals surface area contributed by atoms with Crippen molar-refractivity contribution in [2.75, 3.05) is 0 Å². The van der Waals surface area contributed by atoms with Gasteiger partial charge < -0.3 is 47.3 Å². The summed E-state index contributed by atoms with van der Waals surface area (Å²) in [6.45, 7) is 6.10. The van der Waals surface area contributed by atoms with Crippen molar-refractivity contribution in [3.8, 4) is 0 Å². The van der Waals surface area contributed by atoms with E-state index in [0.29, 0.717) is 12.1 Å². The van der Waals surface area contributed by atoms with E-state index in [9.17, 15) is 39.0 Å². The van der Waals surface area contributed by atoms with Crippen LogP contribution in [0.25, 0.3) is 0 Å². The number of carboxylic acid groups (broad SMARTS) is 2. The van der Waals surface area contributed by atoms with Gasteiger partial charge in [0.05, 0.1) is 24.2 Å². The van der Waals surface area contributed by atoms with Crippen molar-refractivity contribution < 1.29 is 44.1 Å². The molecule has 0 radical (unpaired) electrons. The number of imidazole rings is 1. The number of carbonyl (C=O) groups excluding carboxylic acids is 4. The second-order valence-electron chi connectivity index (χ2n) is 9.53. The van der Waals surface area contributed by atoms with Gasteiger partial charge in [0.25, 0.3) is 0 Å². The van der Waals surface area contributed by atoms with Crippen LogP contribution in [0.15, 0.2) is 12.5 Å². The van der Waals surface area contributed by atoms with E-state index in [0.717, 1.165) is 0 Å². The summed E-state index contributed by atoms with van der Waals surface area (Å²) in [6.07, 6.45) is 1.12. The third-order valence-electron chi connectivity index (χ3n) is 6.24. The van der Waals surface area contributed by atoms with Crippen LogP contribution >= 0.6 is 0 Å². The van der Waals surface area contributed by atoms with Crippen molar-refractivity contribution in [2.45, 2.75) is 89.7 Å². The van der Waals surface area contributed by atoms with Crippen LogP contribution in [-0.4, -0.2) is 97.2 Å². The number of nitrogens with zero attached hydrogens (tertiary/aromatic N) is 1. The number of aromatic nitrogens is 2. The fourth-order valence-electron chi connectivity index (χ4n) is 3.45. The molecule has 0 saturated heterocycles. The highest BCUT2D eigenvalue weighted by atomic mass is 16.4. The van der Waals surface area contributed by atoms with Gasteiger partial charge in [-0.25, -0.2) is 9.78 Å². The first-order valence-corrected chi connectivity index (χ1v) is 12.7. The molecule has 0 aromatic carbocycles. The monoisotopic (exact) mass is 569 g/mol. The highest BCUT2D eigenvalue weighted by Gasteiger charge is 2.33. The number of H-pyrrole nitrogens is 1. The minimum Gasteiger partial charge on any atom is -0.481 e. The van der Waals surface area contributed by atoms with Gasteiger partial charge in [-0.2, -0.15) is 0 Å². The summed E-state index contributed by atoms with van der Waals surface area (Å²) < 4.78 is 0. The van der Waals surface area contributed by atoms with Crippen LogP contribution in [0.2, 0.25) is 0 Å². The Labute approximate surface area is 230 Å². The summed E-state index contributed by atoms with van der Waals surface area (Å²) in [6, 6.07) is -6.51. The predicted octanol–water partition coefficient (Wildman–Crippen LogP) is -2.39. The minimum absolute atomic E-state index is 0.0613. The number of aliphatic carboxylic acids is 2. The molecule has 0 aliphatic carbocycles. The average Bonchev–Trinajstić information content (AvgIpc) is 3.40. The Morgan fingerprint density at radius 3 is 2.05 bits per heavy atom. The van der Waals surface area contributed by atoms with E-state index in [2.05, 4.69) is 31.2 Å². The molecule has 40 heavy (non-hydrogen) atoms. The molecular formula is C24H39N7O9. The molecule has 0 bridgehead atoms. The number of nitrogens with two attached hydrogens (primary N) is 1. The second-order valence-corrected chi connectivity index (χ2v) is 9.53. The second kappa shape index (κ2) is 16.1. The average molecular weight is 570 g/mol. The molecule has 7 atom stereocenters. The van der Waals surface area contributed by atoms with Crippen molar-refractivity contribution in [1.29, 1.82) is 0 Å².